The van der Waals surface area contributed by atoms with E-state index < -0.39 is 42.0 Å². The van der Waals surface area contributed by atoms with Crippen molar-refractivity contribution < 1.29 is 37.5 Å². The number of nitrogens with two attached hydrogens (primary N) is 3. The fraction of sp³-hybridized carbons (Fsp3) is 0.304. The minimum Gasteiger partial charge on any atom is -0.475 e. The number of aliphatic carboxylic acids is 1. The summed E-state index contributed by atoms with van der Waals surface area (Å²) in [6, 6.07) is 10.5. The van der Waals surface area contributed by atoms with Crippen LogP contribution in [0.15, 0.2) is 59.9 Å². The Bertz CT molecular complexity index is 1100. The van der Waals surface area contributed by atoms with Crippen molar-refractivity contribution in [3.63, 3.8) is 0 Å². The molecule has 0 aliphatic rings. The van der Waals surface area contributed by atoms with Gasteiger partial charge in [-0.2, -0.15) is 13.2 Å². The first-order chi connectivity index (χ1) is 17.8. The maximum absolute atomic E-state index is 12.9. The molecule has 2 aromatic rings. The number of carbonyl (C=O) groups excluding carboxylic acids is 3. The summed E-state index contributed by atoms with van der Waals surface area (Å²) in [6.45, 7) is 0.290. The minimum atomic E-state index is -5.08. The highest BCUT2D eigenvalue weighted by atomic mass is 19.4. The smallest absolute Gasteiger partial charge is 0.475 e. The molecule has 1 aromatic heterocycles. The van der Waals surface area contributed by atoms with Crippen molar-refractivity contribution >= 4 is 29.7 Å². The van der Waals surface area contributed by atoms with E-state index in [2.05, 4.69) is 20.6 Å². The number of benzene rings is 1. The lowest BCUT2D eigenvalue weighted by molar-refractivity contribution is -0.192. The number of alkyl halides is 3. The summed E-state index contributed by atoms with van der Waals surface area (Å²) in [5, 5.41) is 12.4. The van der Waals surface area contributed by atoms with E-state index in [-0.39, 0.29) is 25.3 Å². The van der Waals surface area contributed by atoms with Crippen LogP contribution in [0.1, 0.15) is 28.8 Å². The molecule has 15 heteroatoms. The van der Waals surface area contributed by atoms with E-state index in [9.17, 15) is 27.6 Å². The Balaban J connectivity index is 0.000000905. The predicted octanol–water partition coefficient (Wildman–Crippen LogP) is 0.0797. The van der Waals surface area contributed by atoms with Gasteiger partial charge in [0, 0.05) is 25.4 Å². The number of hydrogen-bond donors (Lipinski definition) is 6. The van der Waals surface area contributed by atoms with Crippen molar-refractivity contribution in [2.45, 2.75) is 37.5 Å². The van der Waals surface area contributed by atoms with Crippen LogP contribution in [0, 0.1) is 0 Å². The fourth-order valence-electron chi connectivity index (χ4n) is 2.86. The second kappa shape index (κ2) is 15.4. The largest absolute Gasteiger partial charge is 0.490 e. The molecule has 3 amide bonds. The number of nitrogens with zero attached hydrogens (tertiary/aromatic N) is 2. The molecule has 2 rings (SSSR count). The monoisotopic (exact) mass is 539 g/mol. The normalized spacial score (nSPS) is 12.1. The Hall–Kier alpha value is -4.69. The third-order valence-corrected chi connectivity index (χ3v) is 4.68. The Labute approximate surface area is 215 Å². The minimum absolute atomic E-state index is 0.0583. The standard InChI is InChI=1S/C21H27N7O3.C2HF3O2/c22-18(29)17(12-14-6-2-1-3-7-14)28-20(31)16(9-5-11-26-21(23)24)27-19(30)15-8-4-10-25-13-15;3-2(4,5)1(6)7/h1-4,6-8,10,13,16-17H,5,9,11-12H2,(H2,22,29)(H,27,30)(H,28,31)(H4,23,24,26);(H,6,7)/t16-,17-;/m0./s1. The summed E-state index contributed by atoms with van der Waals surface area (Å²) in [7, 11) is 0. The molecule has 38 heavy (non-hydrogen) atoms. The van der Waals surface area contributed by atoms with E-state index >= 15 is 0 Å². The van der Waals surface area contributed by atoms with Crippen molar-refractivity contribution in [1.82, 2.24) is 15.6 Å². The van der Waals surface area contributed by atoms with Crippen LogP contribution in [0.4, 0.5) is 13.2 Å². The topological polar surface area (TPSA) is 216 Å². The maximum atomic E-state index is 12.9. The molecule has 9 N–H and O–H groups in total. The Morgan fingerprint density at radius 3 is 2.11 bits per heavy atom. The molecule has 0 saturated heterocycles. The van der Waals surface area contributed by atoms with E-state index in [1.807, 2.05) is 30.3 Å². The van der Waals surface area contributed by atoms with E-state index in [4.69, 9.17) is 27.1 Å². The SMILES string of the molecule is NC(=O)[C@H](Cc1ccccc1)NC(=O)[C@H](CCCN=C(N)N)NC(=O)c1cccnc1.O=C(O)C(F)(F)F. The van der Waals surface area contributed by atoms with Crippen molar-refractivity contribution in [2.75, 3.05) is 6.54 Å². The molecule has 1 aromatic carbocycles. The third-order valence-electron chi connectivity index (χ3n) is 4.68. The van der Waals surface area contributed by atoms with E-state index in [1.54, 1.807) is 12.1 Å². The lowest BCUT2D eigenvalue weighted by atomic mass is 10.0. The van der Waals surface area contributed by atoms with Gasteiger partial charge in [-0.25, -0.2) is 4.79 Å². The van der Waals surface area contributed by atoms with Gasteiger partial charge in [0.25, 0.3) is 5.91 Å². The van der Waals surface area contributed by atoms with Crippen LogP contribution in [0.25, 0.3) is 0 Å². The zero-order chi connectivity index (χ0) is 28.7. The highest BCUT2D eigenvalue weighted by Gasteiger charge is 2.38. The highest BCUT2D eigenvalue weighted by Crippen LogP contribution is 2.13. The molecular weight excluding hydrogens is 511 g/mol. The van der Waals surface area contributed by atoms with Gasteiger partial charge in [0.15, 0.2) is 5.96 Å². The molecule has 2 atom stereocenters. The van der Waals surface area contributed by atoms with Crippen LogP contribution in [0.2, 0.25) is 0 Å². The first-order valence-electron chi connectivity index (χ1n) is 11.0. The van der Waals surface area contributed by atoms with Gasteiger partial charge in [-0.15, -0.1) is 0 Å². The number of carbonyl (C=O) groups is 4. The zero-order valence-electron chi connectivity index (χ0n) is 20.0. The summed E-state index contributed by atoms with van der Waals surface area (Å²) in [5.41, 5.74) is 17.3. The summed E-state index contributed by atoms with van der Waals surface area (Å²) in [4.78, 5) is 54.0. The number of aliphatic imine (C=N–C) groups is 1. The van der Waals surface area contributed by atoms with Crippen LogP contribution in [0.5, 0.6) is 0 Å². The number of primary amides is 1. The summed E-state index contributed by atoms with van der Waals surface area (Å²) in [6.07, 6.45) is -1.23. The first kappa shape index (κ1) is 31.3. The molecule has 0 fully saturated rings. The summed E-state index contributed by atoms with van der Waals surface area (Å²) < 4.78 is 31.7. The number of guanidine groups is 1. The van der Waals surface area contributed by atoms with E-state index in [0.29, 0.717) is 12.0 Å². The van der Waals surface area contributed by atoms with Crippen LogP contribution < -0.4 is 27.8 Å². The summed E-state index contributed by atoms with van der Waals surface area (Å²) in [5.74, 6) is -4.48. The molecule has 0 bridgehead atoms. The van der Waals surface area contributed by atoms with E-state index in [0.717, 1.165) is 5.56 Å². The Kier molecular flexibility index (Phi) is 12.7. The van der Waals surface area contributed by atoms with Gasteiger partial charge in [0.1, 0.15) is 12.1 Å². The van der Waals surface area contributed by atoms with Crippen LogP contribution >= 0.6 is 0 Å². The quantitative estimate of drug-likeness (QED) is 0.130. The van der Waals surface area contributed by atoms with Crippen molar-refractivity contribution in [1.29, 1.82) is 0 Å². The van der Waals surface area contributed by atoms with Crippen LogP contribution in [0.3, 0.4) is 0 Å². The van der Waals surface area contributed by atoms with Gasteiger partial charge in [-0.3, -0.25) is 24.4 Å². The van der Waals surface area contributed by atoms with E-state index in [1.165, 1.54) is 12.4 Å². The molecule has 206 valence electrons. The first-order valence-corrected chi connectivity index (χ1v) is 11.0. The number of aromatic nitrogens is 1. The lowest BCUT2D eigenvalue weighted by Crippen LogP contribution is -2.53. The highest BCUT2D eigenvalue weighted by molar-refractivity contribution is 5.98. The number of halogens is 3. The molecule has 0 unspecified atom stereocenters. The molecule has 0 aliphatic carbocycles. The number of amides is 3. The number of rotatable bonds is 11. The molecule has 0 spiro atoms. The number of pyridine rings is 1. The van der Waals surface area contributed by atoms with Gasteiger partial charge in [-0.1, -0.05) is 30.3 Å². The number of nitrogens with one attached hydrogen (secondary N) is 2. The van der Waals surface area contributed by atoms with Gasteiger partial charge >= 0.3 is 12.1 Å². The second-order valence-electron chi connectivity index (χ2n) is 7.67. The molecular formula is C23H28F3N7O5. The van der Waals surface area contributed by atoms with Crippen molar-refractivity contribution in [3.05, 3.63) is 66.0 Å². The van der Waals surface area contributed by atoms with Gasteiger partial charge in [0.05, 0.1) is 5.56 Å². The molecule has 12 nitrogen and oxygen atoms in total. The Morgan fingerprint density at radius 2 is 1.61 bits per heavy atom. The molecule has 0 saturated carbocycles. The number of hydrogen-bond acceptors (Lipinski definition) is 6. The zero-order valence-corrected chi connectivity index (χ0v) is 20.0. The second-order valence-corrected chi connectivity index (χ2v) is 7.67. The third kappa shape index (κ3) is 12.3. The van der Waals surface area contributed by atoms with Gasteiger partial charge in [-0.05, 0) is 30.5 Å². The average Bonchev–Trinajstić information content (AvgIpc) is 2.86. The van der Waals surface area contributed by atoms with Crippen LogP contribution in [-0.4, -0.2) is 64.5 Å². The van der Waals surface area contributed by atoms with Crippen LogP contribution in [-0.2, 0) is 20.8 Å². The van der Waals surface area contributed by atoms with Crippen molar-refractivity contribution in [2.24, 2.45) is 22.2 Å². The number of carboxylic acids is 1. The maximum Gasteiger partial charge on any atom is 0.490 e. The summed E-state index contributed by atoms with van der Waals surface area (Å²) >= 11 is 0. The molecule has 1 heterocycles. The van der Waals surface area contributed by atoms with Crippen molar-refractivity contribution in [3.8, 4) is 0 Å². The molecule has 0 aliphatic heterocycles. The Morgan fingerprint density at radius 1 is 0.974 bits per heavy atom. The fourth-order valence-corrected chi connectivity index (χ4v) is 2.86. The average molecular weight is 540 g/mol. The molecule has 0 radical (unpaired) electrons. The van der Waals surface area contributed by atoms with Gasteiger partial charge < -0.3 is 32.9 Å². The predicted molar refractivity (Wildman–Crippen MR) is 130 cm³/mol. The van der Waals surface area contributed by atoms with Gasteiger partial charge in [0.2, 0.25) is 11.8 Å². The lowest BCUT2D eigenvalue weighted by Gasteiger charge is -2.22. The number of carboxylic acid groups (broad SMARTS) is 1.